The molecule has 3 unspecified atom stereocenters. The summed E-state index contributed by atoms with van der Waals surface area (Å²) in [6.07, 6.45) is 1.10. The minimum absolute atomic E-state index is 0.00722. The van der Waals surface area contributed by atoms with Crippen molar-refractivity contribution in [2.24, 2.45) is 17.8 Å². The Morgan fingerprint density at radius 3 is 2.58 bits per heavy atom. The molecule has 1 saturated heterocycles. The molecule has 0 N–H and O–H groups in total. The number of pyridine rings is 1. The van der Waals surface area contributed by atoms with Crippen LogP contribution in [0.2, 0.25) is 0 Å². The Hall–Kier alpha value is -1.29. The lowest BCUT2D eigenvalue weighted by Gasteiger charge is -2.19. The first-order valence-electron chi connectivity index (χ1n) is 6.85. The lowest BCUT2D eigenvalue weighted by atomic mass is 10.0. The van der Waals surface area contributed by atoms with Crippen LogP contribution < -0.4 is 0 Å². The van der Waals surface area contributed by atoms with Crippen LogP contribution in [0.3, 0.4) is 0 Å². The molecule has 0 bridgehead atoms. The van der Waals surface area contributed by atoms with Gasteiger partial charge in [0.15, 0.2) is 5.78 Å². The third-order valence-corrected chi connectivity index (χ3v) is 4.02. The predicted octanol–water partition coefficient (Wildman–Crippen LogP) is 2.63. The minimum Gasteiger partial charge on any atom is -0.302 e. The van der Waals surface area contributed by atoms with Crippen molar-refractivity contribution >= 4 is 5.78 Å². The first kappa shape index (κ1) is 14.1. The molecule has 1 aliphatic rings. The van der Waals surface area contributed by atoms with Gasteiger partial charge < -0.3 is 4.90 Å². The van der Waals surface area contributed by atoms with E-state index in [1.807, 2.05) is 6.92 Å². The number of halogens is 1. The third-order valence-electron chi connectivity index (χ3n) is 4.02. The summed E-state index contributed by atoms with van der Waals surface area (Å²) in [5, 5.41) is 0. The molecular formula is C15H21FN2O. The molecular weight excluding hydrogens is 243 g/mol. The van der Waals surface area contributed by atoms with E-state index >= 15 is 0 Å². The van der Waals surface area contributed by atoms with Gasteiger partial charge >= 0.3 is 0 Å². The fourth-order valence-corrected chi connectivity index (χ4v) is 2.64. The predicted molar refractivity (Wildman–Crippen MR) is 72.5 cm³/mol. The van der Waals surface area contributed by atoms with E-state index in [1.165, 1.54) is 12.1 Å². The van der Waals surface area contributed by atoms with Crippen molar-refractivity contribution in [3.63, 3.8) is 0 Å². The van der Waals surface area contributed by atoms with Crippen molar-refractivity contribution in [1.29, 1.82) is 0 Å². The summed E-state index contributed by atoms with van der Waals surface area (Å²) >= 11 is 0. The second-order valence-electron chi connectivity index (χ2n) is 5.80. The molecule has 0 amide bonds. The molecule has 1 aromatic heterocycles. The monoisotopic (exact) mass is 264 g/mol. The highest BCUT2D eigenvalue weighted by atomic mass is 19.1. The van der Waals surface area contributed by atoms with Crippen molar-refractivity contribution in [2.75, 3.05) is 19.6 Å². The van der Waals surface area contributed by atoms with Crippen LogP contribution in [0.1, 0.15) is 31.3 Å². The van der Waals surface area contributed by atoms with Gasteiger partial charge in [0.25, 0.3) is 0 Å². The number of rotatable bonds is 4. The van der Waals surface area contributed by atoms with E-state index in [0.717, 1.165) is 25.8 Å². The summed E-state index contributed by atoms with van der Waals surface area (Å²) in [6, 6.07) is 2.75. The van der Waals surface area contributed by atoms with Gasteiger partial charge in [0.1, 0.15) is 11.5 Å². The van der Waals surface area contributed by atoms with E-state index in [0.29, 0.717) is 17.5 Å². The van der Waals surface area contributed by atoms with Crippen LogP contribution in [-0.2, 0) is 0 Å². The van der Waals surface area contributed by atoms with Gasteiger partial charge in [0.05, 0.1) is 6.20 Å². The first-order chi connectivity index (χ1) is 8.97. The molecule has 104 valence electrons. The summed E-state index contributed by atoms with van der Waals surface area (Å²) in [4.78, 5) is 18.4. The minimum atomic E-state index is -0.411. The largest absolute Gasteiger partial charge is 0.302 e. The maximum atomic E-state index is 12.8. The normalized spacial score (nSPS) is 25.5. The Kier molecular flexibility index (Phi) is 4.30. The van der Waals surface area contributed by atoms with Crippen LogP contribution in [-0.4, -0.2) is 35.3 Å². The molecule has 2 rings (SSSR count). The van der Waals surface area contributed by atoms with E-state index in [2.05, 4.69) is 23.7 Å². The van der Waals surface area contributed by atoms with Gasteiger partial charge in [-0.25, -0.2) is 4.39 Å². The number of nitrogens with zero attached hydrogens (tertiary/aromatic N) is 2. The summed E-state index contributed by atoms with van der Waals surface area (Å²) in [5.41, 5.74) is 0.356. The third kappa shape index (κ3) is 3.38. The van der Waals surface area contributed by atoms with Crippen LogP contribution in [0.4, 0.5) is 4.39 Å². The lowest BCUT2D eigenvalue weighted by Crippen LogP contribution is -2.30. The number of likely N-dealkylation sites (tertiary alicyclic amines) is 1. The zero-order chi connectivity index (χ0) is 14.0. The number of hydrogen-bond acceptors (Lipinski definition) is 3. The number of ketones is 1. The zero-order valence-electron chi connectivity index (χ0n) is 11.8. The Labute approximate surface area is 113 Å². The van der Waals surface area contributed by atoms with E-state index < -0.39 is 5.82 Å². The number of hydrogen-bond donors (Lipinski definition) is 0. The van der Waals surface area contributed by atoms with Gasteiger partial charge in [-0.3, -0.25) is 9.78 Å². The van der Waals surface area contributed by atoms with Crippen LogP contribution in [0.15, 0.2) is 18.3 Å². The molecule has 0 aromatic carbocycles. The van der Waals surface area contributed by atoms with E-state index in [1.54, 1.807) is 0 Å². The molecule has 0 spiro atoms. The number of carbonyl (C=O) groups is 1. The van der Waals surface area contributed by atoms with Crippen molar-refractivity contribution < 1.29 is 9.18 Å². The van der Waals surface area contributed by atoms with Crippen LogP contribution in [0, 0.1) is 23.6 Å². The van der Waals surface area contributed by atoms with E-state index in [4.69, 9.17) is 0 Å². The van der Waals surface area contributed by atoms with Crippen LogP contribution in [0.25, 0.3) is 0 Å². The van der Waals surface area contributed by atoms with Gasteiger partial charge in [-0.05, 0) is 24.0 Å². The average Bonchev–Trinajstić information content (AvgIpc) is 2.68. The fraction of sp³-hybridized carbons (Fsp3) is 0.600. The van der Waals surface area contributed by atoms with Crippen molar-refractivity contribution in [1.82, 2.24) is 9.88 Å². The second-order valence-corrected chi connectivity index (χ2v) is 5.80. The summed E-state index contributed by atoms with van der Waals surface area (Å²) < 4.78 is 12.8. The smallest absolute Gasteiger partial charge is 0.185 e. The molecule has 3 nitrogen and oxygen atoms in total. The fourth-order valence-electron chi connectivity index (χ4n) is 2.64. The summed E-state index contributed by atoms with van der Waals surface area (Å²) in [5.74, 6) is 0.853. The van der Waals surface area contributed by atoms with Crippen LogP contribution >= 0.6 is 0 Å². The quantitative estimate of drug-likeness (QED) is 0.784. The van der Waals surface area contributed by atoms with Crippen molar-refractivity contribution in [3.05, 3.63) is 29.8 Å². The molecule has 1 aromatic rings. The highest BCUT2D eigenvalue weighted by molar-refractivity contribution is 5.95. The number of Topliss-reactive ketones (excluding diaryl/α,β-unsaturated/α-hetero) is 1. The first-order valence-corrected chi connectivity index (χ1v) is 6.85. The average molecular weight is 264 g/mol. The molecule has 3 atom stereocenters. The molecule has 1 aliphatic heterocycles. The molecule has 0 aliphatic carbocycles. The van der Waals surface area contributed by atoms with Gasteiger partial charge in [0, 0.05) is 25.6 Å². The second kappa shape index (κ2) is 5.78. The van der Waals surface area contributed by atoms with E-state index in [-0.39, 0.29) is 11.7 Å². The molecule has 4 heteroatoms. The van der Waals surface area contributed by atoms with Gasteiger partial charge in [0.2, 0.25) is 0 Å². The zero-order valence-corrected chi connectivity index (χ0v) is 11.8. The van der Waals surface area contributed by atoms with Crippen molar-refractivity contribution in [3.8, 4) is 0 Å². The van der Waals surface area contributed by atoms with Gasteiger partial charge in [-0.1, -0.05) is 20.8 Å². The van der Waals surface area contributed by atoms with Crippen LogP contribution in [0.5, 0.6) is 0 Å². The Balaban J connectivity index is 1.94. The Morgan fingerprint density at radius 1 is 1.42 bits per heavy atom. The Bertz CT molecular complexity index is 436. The number of carbonyl (C=O) groups excluding carboxylic acids is 1. The SMILES string of the molecule is CC(CN1CC(C)C(C)C1)C(=O)c1ccc(F)cn1. The lowest BCUT2D eigenvalue weighted by molar-refractivity contribution is 0.0896. The van der Waals surface area contributed by atoms with Crippen molar-refractivity contribution in [2.45, 2.75) is 20.8 Å². The topological polar surface area (TPSA) is 33.2 Å². The van der Waals surface area contributed by atoms with Gasteiger partial charge in [-0.15, -0.1) is 0 Å². The van der Waals surface area contributed by atoms with Gasteiger partial charge in [-0.2, -0.15) is 0 Å². The molecule has 0 saturated carbocycles. The molecule has 1 fully saturated rings. The highest BCUT2D eigenvalue weighted by Gasteiger charge is 2.28. The highest BCUT2D eigenvalue weighted by Crippen LogP contribution is 2.23. The summed E-state index contributed by atoms with van der Waals surface area (Å²) in [7, 11) is 0. The standard InChI is InChI=1S/C15H21FN2O/c1-10-7-18(8-11(10)2)9-12(3)15(19)14-5-4-13(16)6-17-14/h4-6,10-12H,7-9H2,1-3H3. The molecule has 0 radical (unpaired) electrons. The maximum Gasteiger partial charge on any atom is 0.185 e. The molecule has 19 heavy (non-hydrogen) atoms. The number of aromatic nitrogens is 1. The van der Waals surface area contributed by atoms with E-state index in [9.17, 15) is 9.18 Å². The summed E-state index contributed by atoms with van der Waals surface area (Å²) in [6.45, 7) is 9.27. The maximum absolute atomic E-state index is 12.8. The Morgan fingerprint density at radius 2 is 2.05 bits per heavy atom. The molecule has 2 heterocycles.